The Morgan fingerprint density at radius 3 is 2.70 bits per heavy atom. The number of benzene rings is 1. The van der Waals surface area contributed by atoms with Crippen LogP contribution in [0.1, 0.15) is 37.2 Å². The summed E-state index contributed by atoms with van der Waals surface area (Å²) in [4.78, 5) is 0. The molecule has 0 aliphatic carbocycles. The zero-order valence-corrected chi connectivity index (χ0v) is 14.0. The summed E-state index contributed by atoms with van der Waals surface area (Å²) < 4.78 is 3.16. The van der Waals surface area contributed by atoms with Gasteiger partial charge in [0, 0.05) is 12.2 Å². The van der Waals surface area contributed by atoms with Gasteiger partial charge in [0.1, 0.15) is 0 Å². The first-order valence-corrected chi connectivity index (χ1v) is 8.00. The van der Waals surface area contributed by atoms with Crippen molar-refractivity contribution in [3.8, 4) is 0 Å². The van der Waals surface area contributed by atoms with Crippen molar-refractivity contribution in [1.82, 2.24) is 9.78 Å². The normalized spacial score (nSPS) is 10.8. The molecule has 0 aliphatic rings. The van der Waals surface area contributed by atoms with Crippen LogP contribution in [-0.4, -0.2) is 9.78 Å². The first kappa shape index (κ1) is 15.1. The van der Waals surface area contributed by atoms with Gasteiger partial charge in [-0.1, -0.05) is 31.5 Å². The fraction of sp³-hybridized carbons (Fsp3) is 0.438. The molecule has 0 unspecified atom stereocenters. The van der Waals surface area contributed by atoms with Crippen molar-refractivity contribution in [2.45, 2.75) is 46.7 Å². The lowest BCUT2D eigenvalue weighted by atomic mass is 10.1. The molecule has 0 saturated heterocycles. The highest BCUT2D eigenvalue weighted by atomic mass is 79.9. The molecular weight excluding hydrogens is 314 g/mol. The Hall–Kier alpha value is -1.29. The van der Waals surface area contributed by atoms with E-state index in [9.17, 15) is 0 Å². The van der Waals surface area contributed by atoms with Crippen LogP contribution in [0.5, 0.6) is 0 Å². The number of hydrogen-bond donors (Lipinski definition) is 1. The Kier molecular flexibility index (Phi) is 5.24. The fourth-order valence-electron chi connectivity index (χ4n) is 2.40. The van der Waals surface area contributed by atoms with E-state index in [1.165, 1.54) is 16.9 Å². The summed E-state index contributed by atoms with van der Waals surface area (Å²) >= 11 is 3.64. The van der Waals surface area contributed by atoms with E-state index in [1.54, 1.807) is 0 Å². The van der Waals surface area contributed by atoms with Crippen molar-refractivity contribution in [3.05, 3.63) is 45.7 Å². The molecule has 1 aromatic carbocycles. The summed E-state index contributed by atoms with van der Waals surface area (Å²) in [6.07, 6.45) is 2.27. The van der Waals surface area contributed by atoms with Gasteiger partial charge in [-0.25, -0.2) is 0 Å². The van der Waals surface area contributed by atoms with E-state index in [4.69, 9.17) is 0 Å². The van der Waals surface area contributed by atoms with Gasteiger partial charge in [0.05, 0.1) is 22.4 Å². The van der Waals surface area contributed by atoms with Crippen LogP contribution in [0.4, 0.5) is 5.69 Å². The van der Waals surface area contributed by atoms with Crippen LogP contribution in [0, 0.1) is 6.92 Å². The zero-order valence-electron chi connectivity index (χ0n) is 12.4. The molecular formula is C16H22BrN3. The van der Waals surface area contributed by atoms with Crippen molar-refractivity contribution in [1.29, 1.82) is 0 Å². The predicted octanol–water partition coefficient (Wildman–Crippen LogP) is 4.54. The molecule has 108 valence electrons. The maximum Gasteiger partial charge on any atom is 0.0739 e. The largest absolute Gasteiger partial charge is 0.379 e. The Bertz CT molecular complexity index is 575. The second-order valence-corrected chi connectivity index (χ2v) is 5.72. The van der Waals surface area contributed by atoms with Crippen LogP contribution in [0.3, 0.4) is 0 Å². The number of anilines is 1. The first-order chi connectivity index (χ1) is 9.67. The molecule has 2 rings (SSSR count). The molecule has 0 aliphatic heterocycles. The molecule has 0 fully saturated rings. The molecule has 0 radical (unpaired) electrons. The Balaban J connectivity index is 2.17. The average molecular weight is 336 g/mol. The van der Waals surface area contributed by atoms with Gasteiger partial charge in [0.15, 0.2) is 0 Å². The highest BCUT2D eigenvalue weighted by Gasteiger charge is 2.12. The minimum absolute atomic E-state index is 0.788. The number of nitrogens with zero attached hydrogens (tertiary/aromatic N) is 2. The molecule has 20 heavy (non-hydrogen) atoms. The second-order valence-electron chi connectivity index (χ2n) is 4.92. The van der Waals surface area contributed by atoms with Crippen molar-refractivity contribution in [2.24, 2.45) is 0 Å². The summed E-state index contributed by atoms with van der Waals surface area (Å²) in [6, 6.07) is 8.53. The smallest absolute Gasteiger partial charge is 0.0739 e. The average Bonchev–Trinajstić information content (AvgIpc) is 2.74. The van der Waals surface area contributed by atoms with Crippen LogP contribution in [0.15, 0.2) is 28.7 Å². The van der Waals surface area contributed by atoms with Crippen molar-refractivity contribution < 1.29 is 0 Å². The van der Waals surface area contributed by atoms with Crippen molar-refractivity contribution >= 4 is 21.6 Å². The van der Waals surface area contributed by atoms with Crippen LogP contribution in [-0.2, 0) is 19.5 Å². The van der Waals surface area contributed by atoms with E-state index in [0.29, 0.717) is 0 Å². The predicted molar refractivity (Wildman–Crippen MR) is 88.1 cm³/mol. The van der Waals surface area contributed by atoms with E-state index in [2.05, 4.69) is 69.1 Å². The molecule has 0 spiro atoms. The molecule has 1 aromatic heterocycles. The monoisotopic (exact) mass is 335 g/mol. The van der Waals surface area contributed by atoms with Gasteiger partial charge in [0.25, 0.3) is 0 Å². The van der Waals surface area contributed by atoms with E-state index >= 15 is 0 Å². The number of aromatic nitrogens is 2. The van der Waals surface area contributed by atoms with Crippen LogP contribution in [0.2, 0.25) is 0 Å². The van der Waals surface area contributed by atoms with Gasteiger partial charge in [-0.05, 0) is 47.8 Å². The summed E-state index contributed by atoms with van der Waals surface area (Å²) in [5.41, 5.74) is 4.86. The van der Waals surface area contributed by atoms with Gasteiger partial charge in [-0.3, -0.25) is 4.68 Å². The molecule has 0 bridgehead atoms. The molecule has 0 atom stereocenters. The van der Waals surface area contributed by atoms with Gasteiger partial charge in [0.2, 0.25) is 0 Å². The third-order valence-electron chi connectivity index (χ3n) is 3.44. The van der Waals surface area contributed by atoms with Gasteiger partial charge in [-0.15, -0.1) is 0 Å². The van der Waals surface area contributed by atoms with Gasteiger partial charge >= 0.3 is 0 Å². The minimum atomic E-state index is 0.788. The zero-order chi connectivity index (χ0) is 14.5. The third-order valence-corrected chi connectivity index (χ3v) is 4.47. The topological polar surface area (TPSA) is 29.9 Å². The SMILES string of the molecule is CCCc1ccccc1NCc1c(Br)c(C)nn1CC. The van der Waals surface area contributed by atoms with Gasteiger partial charge in [-0.2, -0.15) is 5.10 Å². The van der Waals surface area contributed by atoms with Crippen LogP contribution >= 0.6 is 15.9 Å². The molecule has 0 saturated carbocycles. The number of para-hydroxylation sites is 1. The number of nitrogens with one attached hydrogen (secondary N) is 1. The molecule has 4 heteroatoms. The first-order valence-electron chi connectivity index (χ1n) is 7.20. The van der Waals surface area contributed by atoms with Crippen molar-refractivity contribution in [2.75, 3.05) is 5.32 Å². The maximum atomic E-state index is 4.53. The lowest BCUT2D eigenvalue weighted by molar-refractivity contribution is 0.622. The van der Waals surface area contributed by atoms with Gasteiger partial charge < -0.3 is 5.32 Å². The molecule has 2 aromatic rings. The number of aryl methyl sites for hydroxylation is 3. The Morgan fingerprint density at radius 1 is 1.25 bits per heavy atom. The summed E-state index contributed by atoms with van der Waals surface area (Å²) in [7, 11) is 0. The lowest BCUT2D eigenvalue weighted by Gasteiger charge is -2.12. The summed E-state index contributed by atoms with van der Waals surface area (Å²) in [5, 5.41) is 8.08. The fourth-order valence-corrected chi connectivity index (χ4v) is 2.82. The number of hydrogen-bond acceptors (Lipinski definition) is 2. The highest BCUT2D eigenvalue weighted by Crippen LogP contribution is 2.23. The van der Waals surface area contributed by atoms with Crippen LogP contribution < -0.4 is 5.32 Å². The van der Waals surface area contributed by atoms with E-state index < -0.39 is 0 Å². The summed E-state index contributed by atoms with van der Waals surface area (Å²) in [5.74, 6) is 0. The Labute approximate surface area is 129 Å². The molecule has 0 amide bonds. The number of halogens is 1. The standard InChI is InChI=1S/C16H22BrN3/c1-4-8-13-9-6-7-10-14(13)18-11-15-16(17)12(3)19-20(15)5-2/h6-7,9-10,18H,4-5,8,11H2,1-3H3. The third kappa shape index (κ3) is 3.23. The molecule has 1 heterocycles. The molecule has 1 N–H and O–H groups in total. The van der Waals surface area contributed by atoms with E-state index in [1.807, 2.05) is 6.92 Å². The quantitative estimate of drug-likeness (QED) is 0.839. The number of rotatable bonds is 6. The molecule has 3 nitrogen and oxygen atoms in total. The minimum Gasteiger partial charge on any atom is -0.379 e. The van der Waals surface area contributed by atoms with Crippen molar-refractivity contribution in [3.63, 3.8) is 0 Å². The van der Waals surface area contributed by atoms with E-state index in [-0.39, 0.29) is 0 Å². The lowest BCUT2D eigenvalue weighted by Crippen LogP contribution is -2.09. The summed E-state index contributed by atoms with van der Waals surface area (Å²) in [6.45, 7) is 8.04. The Morgan fingerprint density at radius 2 is 2.00 bits per heavy atom. The second kappa shape index (κ2) is 6.93. The maximum absolute atomic E-state index is 4.53. The highest BCUT2D eigenvalue weighted by molar-refractivity contribution is 9.10. The van der Waals surface area contributed by atoms with Crippen LogP contribution in [0.25, 0.3) is 0 Å². The van der Waals surface area contributed by atoms with E-state index in [0.717, 1.165) is 36.1 Å².